The highest BCUT2D eigenvalue weighted by molar-refractivity contribution is 5.95. The van der Waals surface area contributed by atoms with Gasteiger partial charge in [0.15, 0.2) is 5.82 Å². The summed E-state index contributed by atoms with van der Waals surface area (Å²) in [6.07, 6.45) is 0.577. The van der Waals surface area contributed by atoms with Gasteiger partial charge in [-0.15, -0.1) is 0 Å². The summed E-state index contributed by atoms with van der Waals surface area (Å²) in [5, 5.41) is 0. The number of rotatable bonds is 10. The third-order valence-corrected chi connectivity index (χ3v) is 8.33. The quantitative estimate of drug-likeness (QED) is 0.323. The molecule has 3 heterocycles. The van der Waals surface area contributed by atoms with E-state index in [9.17, 15) is 23.2 Å². The Labute approximate surface area is 265 Å². The first-order valence-electron chi connectivity index (χ1n) is 16.1. The van der Waals surface area contributed by atoms with E-state index in [-0.39, 0.29) is 56.8 Å². The van der Waals surface area contributed by atoms with Gasteiger partial charge in [-0.05, 0) is 58.1 Å². The van der Waals surface area contributed by atoms with Gasteiger partial charge in [-0.3, -0.25) is 9.59 Å². The highest BCUT2D eigenvalue weighted by atomic mass is 19.3. The summed E-state index contributed by atoms with van der Waals surface area (Å²) in [4.78, 5) is 51.1. The molecule has 0 saturated carbocycles. The van der Waals surface area contributed by atoms with Crippen molar-refractivity contribution in [2.45, 2.75) is 90.8 Å². The number of piperidine rings is 2. The molecular weight excluding hydrogens is 584 g/mol. The first-order chi connectivity index (χ1) is 21.2. The van der Waals surface area contributed by atoms with Crippen LogP contribution in [-0.4, -0.2) is 106 Å². The topological polar surface area (TPSA) is 97.2 Å². The number of likely N-dealkylation sites (tertiary alicyclic amines) is 2. The number of imidazole rings is 1. The third kappa shape index (κ3) is 8.92. The molecule has 2 fully saturated rings. The zero-order chi connectivity index (χ0) is 32.9. The van der Waals surface area contributed by atoms with Gasteiger partial charge in [0.1, 0.15) is 5.60 Å². The molecule has 4 rings (SSSR count). The number of carbonyl (C=O) groups is 3. The number of carbonyl (C=O) groups excluding carboxylic acids is 3. The van der Waals surface area contributed by atoms with Crippen LogP contribution < -0.4 is 0 Å². The second-order valence-corrected chi connectivity index (χ2v) is 13.8. The van der Waals surface area contributed by atoms with E-state index >= 15 is 0 Å². The number of para-hydroxylation sites is 2. The van der Waals surface area contributed by atoms with Crippen molar-refractivity contribution in [2.24, 2.45) is 11.8 Å². The van der Waals surface area contributed by atoms with E-state index in [0.29, 0.717) is 37.5 Å². The Hall–Kier alpha value is -3.28. The van der Waals surface area contributed by atoms with Crippen LogP contribution >= 0.6 is 0 Å². The van der Waals surface area contributed by atoms with Gasteiger partial charge < -0.3 is 28.7 Å². The van der Waals surface area contributed by atoms with Gasteiger partial charge in [0, 0.05) is 65.8 Å². The first-order valence-corrected chi connectivity index (χ1v) is 16.1. The molecule has 2 aromatic rings. The largest absolute Gasteiger partial charge is 0.444 e. The number of benzene rings is 1. The molecule has 10 nitrogen and oxygen atoms in total. The molecule has 0 unspecified atom stereocenters. The van der Waals surface area contributed by atoms with E-state index in [0.717, 1.165) is 18.4 Å². The van der Waals surface area contributed by atoms with Crippen molar-refractivity contribution in [3.05, 3.63) is 30.1 Å². The van der Waals surface area contributed by atoms with Gasteiger partial charge >= 0.3 is 6.09 Å². The van der Waals surface area contributed by atoms with E-state index in [1.54, 1.807) is 32.8 Å². The normalized spacial score (nSPS) is 20.5. The van der Waals surface area contributed by atoms with Gasteiger partial charge in [-0.2, -0.15) is 0 Å². The minimum absolute atomic E-state index is 0.0405. The molecular formula is C33H49F2N5O5. The fraction of sp³-hybridized carbons (Fsp3) is 0.697. The standard InChI is InChI=1S/C33H49F2N5O5/c1-23(2)20-40(30(42)28-36-26-11-7-8-12-27(26)39(28)15-9-10-18-44-6)25-19-24(21-38(22-25)31(43)45-32(3,4)5)29(41)37-16-13-33(34,35)14-17-37/h7-8,11-12,23-25H,9-10,13-22H2,1-6H3/t24-,25+/m1/s1. The minimum atomic E-state index is -2.79. The molecule has 0 radical (unpaired) electrons. The van der Waals surface area contributed by atoms with Gasteiger partial charge in [0.2, 0.25) is 5.91 Å². The summed E-state index contributed by atoms with van der Waals surface area (Å²) in [7, 11) is 1.66. The Kier molecular flexibility index (Phi) is 11.1. The van der Waals surface area contributed by atoms with Crippen LogP contribution in [0.2, 0.25) is 0 Å². The molecule has 2 aliphatic heterocycles. The molecule has 1 aromatic carbocycles. The van der Waals surface area contributed by atoms with Crippen LogP contribution in [0.25, 0.3) is 11.0 Å². The molecule has 2 aliphatic rings. The Balaban J connectivity index is 1.67. The summed E-state index contributed by atoms with van der Waals surface area (Å²) in [5.41, 5.74) is 0.811. The number of nitrogens with zero attached hydrogens (tertiary/aromatic N) is 5. The van der Waals surface area contributed by atoms with Crippen LogP contribution in [0.4, 0.5) is 13.6 Å². The molecule has 0 N–H and O–H groups in total. The summed E-state index contributed by atoms with van der Waals surface area (Å²) < 4.78 is 40.7. The van der Waals surface area contributed by atoms with Crippen LogP contribution in [0, 0.1) is 11.8 Å². The van der Waals surface area contributed by atoms with Crippen LogP contribution in [0.15, 0.2) is 24.3 Å². The van der Waals surface area contributed by atoms with E-state index < -0.39 is 29.6 Å². The van der Waals surface area contributed by atoms with E-state index in [4.69, 9.17) is 14.5 Å². The number of halogens is 2. The minimum Gasteiger partial charge on any atom is -0.444 e. The molecule has 12 heteroatoms. The number of ether oxygens (including phenoxy) is 2. The van der Waals surface area contributed by atoms with Crippen LogP contribution in [0.5, 0.6) is 0 Å². The molecule has 250 valence electrons. The number of hydrogen-bond acceptors (Lipinski definition) is 6. The van der Waals surface area contributed by atoms with Crippen LogP contribution in [0.1, 0.15) is 77.3 Å². The Morgan fingerprint density at radius 1 is 1.07 bits per heavy atom. The molecule has 0 spiro atoms. The lowest BCUT2D eigenvalue weighted by Crippen LogP contribution is -2.58. The molecule has 0 aliphatic carbocycles. The van der Waals surface area contributed by atoms with E-state index in [1.807, 2.05) is 42.7 Å². The second-order valence-electron chi connectivity index (χ2n) is 13.8. The molecule has 45 heavy (non-hydrogen) atoms. The summed E-state index contributed by atoms with van der Waals surface area (Å²) >= 11 is 0. The van der Waals surface area contributed by atoms with Crippen molar-refractivity contribution < 1.29 is 32.6 Å². The van der Waals surface area contributed by atoms with Crippen LogP contribution in [-0.2, 0) is 20.8 Å². The van der Waals surface area contributed by atoms with Crippen molar-refractivity contribution >= 4 is 28.9 Å². The van der Waals surface area contributed by atoms with Crippen molar-refractivity contribution in [1.82, 2.24) is 24.3 Å². The molecule has 2 saturated heterocycles. The van der Waals surface area contributed by atoms with E-state index in [2.05, 4.69) is 0 Å². The molecule has 3 amide bonds. The van der Waals surface area contributed by atoms with Crippen molar-refractivity contribution in [2.75, 3.05) is 46.4 Å². The lowest BCUT2D eigenvalue weighted by atomic mass is 9.90. The lowest BCUT2D eigenvalue weighted by molar-refractivity contribution is -0.144. The zero-order valence-corrected chi connectivity index (χ0v) is 27.6. The predicted molar refractivity (Wildman–Crippen MR) is 167 cm³/mol. The highest BCUT2D eigenvalue weighted by Crippen LogP contribution is 2.31. The molecule has 0 bridgehead atoms. The summed E-state index contributed by atoms with van der Waals surface area (Å²) in [6, 6.07) is 7.12. The zero-order valence-electron chi connectivity index (χ0n) is 27.6. The average Bonchev–Trinajstić information content (AvgIpc) is 3.34. The Morgan fingerprint density at radius 3 is 2.40 bits per heavy atom. The van der Waals surface area contributed by atoms with Gasteiger partial charge in [-0.1, -0.05) is 26.0 Å². The fourth-order valence-electron chi connectivity index (χ4n) is 6.17. The summed E-state index contributed by atoms with van der Waals surface area (Å²) in [6.45, 7) is 11.1. The highest BCUT2D eigenvalue weighted by Gasteiger charge is 2.43. The predicted octanol–water partition coefficient (Wildman–Crippen LogP) is 5.44. The maximum absolute atomic E-state index is 14.5. The molecule has 2 atom stereocenters. The van der Waals surface area contributed by atoms with E-state index in [1.165, 1.54) is 9.80 Å². The van der Waals surface area contributed by atoms with Gasteiger partial charge in [0.05, 0.1) is 23.0 Å². The Morgan fingerprint density at radius 2 is 1.76 bits per heavy atom. The van der Waals surface area contributed by atoms with Crippen LogP contribution in [0.3, 0.4) is 0 Å². The van der Waals surface area contributed by atoms with Crippen molar-refractivity contribution in [3.8, 4) is 0 Å². The molecule has 1 aromatic heterocycles. The van der Waals surface area contributed by atoms with Crippen molar-refractivity contribution in [1.29, 1.82) is 0 Å². The number of unbranched alkanes of at least 4 members (excludes halogenated alkanes) is 1. The number of aryl methyl sites for hydroxylation is 1. The number of alkyl halides is 2. The Bertz CT molecular complexity index is 1330. The monoisotopic (exact) mass is 633 g/mol. The van der Waals surface area contributed by atoms with Gasteiger partial charge in [0.25, 0.3) is 11.8 Å². The smallest absolute Gasteiger partial charge is 0.410 e. The second kappa shape index (κ2) is 14.4. The number of amides is 3. The summed E-state index contributed by atoms with van der Waals surface area (Å²) in [5.74, 6) is -3.60. The lowest BCUT2D eigenvalue weighted by Gasteiger charge is -2.44. The fourth-order valence-corrected chi connectivity index (χ4v) is 6.17. The number of methoxy groups -OCH3 is 1. The maximum atomic E-state index is 14.5. The number of fused-ring (bicyclic) bond motifs is 1. The van der Waals surface area contributed by atoms with Gasteiger partial charge in [-0.25, -0.2) is 18.6 Å². The number of aromatic nitrogens is 2. The average molecular weight is 634 g/mol. The number of hydrogen-bond donors (Lipinski definition) is 0. The van der Waals surface area contributed by atoms with Crippen molar-refractivity contribution in [3.63, 3.8) is 0 Å². The maximum Gasteiger partial charge on any atom is 0.410 e. The first kappa shape index (κ1) is 34.6. The SMILES string of the molecule is COCCCCn1c(C(=O)N(CC(C)C)[C@H]2C[C@@H](C(=O)N3CCC(F)(F)CC3)CN(C(=O)OC(C)(C)C)C2)nc2ccccc21. The third-order valence-electron chi connectivity index (χ3n) is 8.33.